The van der Waals surface area contributed by atoms with Gasteiger partial charge in [-0.3, -0.25) is 0 Å². The summed E-state index contributed by atoms with van der Waals surface area (Å²) in [6.07, 6.45) is 1.79. The van der Waals surface area contributed by atoms with Crippen molar-refractivity contribution in [2.24, 2.45) is 17.8 Å². The summed E-state index contributed by atoms with van der Waals surface area (Å²) in [6.45, 7) is 12.1. The highest BCUT2D eigenvalue weighted by Crippen LogP contribution is 2.45. The van der Waals surface area contributed by atoms with Crippen LogP contribution in [0, 0.1) is 17.8 Å². The molecule has 2 nitrogen and oxygen atoms in total. The number of aliphatic hydroxyl groups is 1. The van der Waals surface area contributed by atoms with Crippen molar-refractivity contribution >= 4 is 18.7 Å². The molecule has 0 unspecified atom stereocenters. The maximum atomic E-state index is 10.5. The molecule has 1 aliphatic rings. The molecule has 0 spiro atoms. The smallest absolute Gasteiger partial charge is 0.261 e. The normalized spacial score (nSPS) is 21.0. The lowest BCUT2D eigenvalue weighted by molar-refractivity contribution is 0.115. The van der Waals surface area contributed by atoms with Crippen LogP contribution in [0.4, 0.5) is 0 Å². The largest absolute Gasteiger partial charge is 0.407 e. The van der Waals surface area contributed by atoms with Gasteiger partial charge in [-0.2, -0.15) is 0 Å². The molecule has 2 aromatic carbocycles. The van der Waals surface area contributed by atoms with E-state index in [0.717, 1.165) is 19.4 Å². The first-order valence-electron chi connectivity index (χ1n) is 10.7. The number of aliphatic hydroxyl groups excluding tert-OH is 1. The van der Waals surface area contributed by atoms with Gasteiger partial charge in [-0.25, -0.2) is 0 Å². The highest BCUT2D eigenvalue weighted by molar-refractivity contribution is 6.99. The van der Waals surface area contributed by atoms with Crippen molar-refractivity contribution in [2.45, 2.75) is 58.6 Å². The van der Waals surface area contributed by atoms with Gasteiger partial charge in [0.15, 0.2) is 0 Å². The molecule has 0 amide bonds. The Morgan fingerprint density at radius 1 is 0.964 bits per heavy atom. The lowest BCUT2D eigenvalue weighted by Gasteiger charge is -2.43. The maximum absolute atomic E-state index is 10.5. The van der Waals surface area contributed by atoms with Crippen LogP contribution in [0.1, 0.15) is 47.5 Å². The second-order valence-corrected chi connectivity index (χ2v) is 14.1. The molecular weight excluding hydrogens is 360 g/mol. The Bertz CT molecular complexity index is 697. The SMILES string of the molecule is CC(C)C[C@H](O)[C@H]1C[C@H]1CO[Si](c1ccccc1)(c1ccccc1)C(C)(C)C. The Morgan fingerprint density at radius 2 is 1.46 bits per heavy atom. The molecule has 0 radical (unpaired) electrons. The van der Waals surface area contributed by atoms with Crippen LogP contribution in [-0.4, -0.2) is 26.1 Å². The van der Waals surface area contributed by atoms with Crippen LogP contribution in [0.15, 0.2) is 60.7 Å². The summed E-state index contributed by atoms with van der Waals surface area (Å²) in [5.41, 5.74) is 0. The zero-order valence-corrected chi connectivity index (χ0v) is 19.1. The topological polar surface area (TPSA) is 29.5 Å². The minimum atomic E-state index is -2.45. The van der Waals surface area contributed by atoms with E-state index in [4.69, 9.17) is 4.43 Å². The molecule has 3 heteroatoms. The molecule has 1 N–H and O–H groups in total. The van der Waals surface area contributed by atoms with E-state index in [1.54, 1.807) is 0 Å². The fraction of sp³-hybridized carbons (Fsp3) is 0.520. The van der Waals surface area contributed by atoms with Crippen molar-refractivity contribution in [2.75, 3.05) is 6.61 Å². The van der Waals surface area contributed by atoms with Gasteiger partial charge in [-0.1, -0.05) is 95.3 Å². The molecule has 152 valence electrons. The summed E-state index contributed by atoms with van der Waals surface area (Å²) in [6, 6.07) is 21.6. The van der Waals surface area contributed by atoms with Gasteiger partial charge in [0.05, 0.1) is 6.10 Å². The van der Waals surface area contributed by atoms with Gasteiger partial charge in [-0.15, -0.1) is 0 Å². The fourth-order valence-electron chi connectivity index (χ4n) is 4.59. The fourth-order valence-corrected chi connectivity index (χ4v) is 9.20. The molecule has 3 atom stereocenters. The second kappa shape index (κ2) is 8.52. The van der Waals surface area contributed by atoms with E-state index in [1.807, 2.05) is 0 Å². The zero-order chi connectivity index (χ0) is 20.4. The minimum Gasteiger partial charge on any atom is -0.407 e. The third kappa shape index (κ3) is 4.42. The average Bonchev–Trinajstić information content (AvgIpc) is 3.42. The molecule has 3 rings (SSSR count). The van der Waals surface area contributed by atoms with E-state index < -0.39 is 8.32 Å². The molecular formula is C25H36O2Si. The molecule has 2 aromatic rings. The van der Waals surface area contributed by atoms with E-state index in [0.29, 0.717) is 17.8 Å². The van der Waals surface area contributed by atoms with Crippen molar-refractivity contribution < 1.29 is 9.53 Å². The lowest BCUT2D eigenvalue weighted by Crippen LogP contribution is -2.66. The van der Waals surface area contributed by atoms with Crippen LogP contribution in [-0.2, 0) is 4.43 Å². The van der Waals surface area contributed by atoms with Crippen LogP contribution >= 0.6 is 0 Å². The number of benzene rings is 2. The Hall–Kier alpha value is -1.42. The van der Waals surface area contributed by atoms with Gasteiger partial charge < -0.3 is 9.53 Å². The van der Waals surface area contributed by atoms with Gasteiger partial charge in [0.2, 0.25) is 0 Å². The number of rotatable bonds is 8. The van der Waals surface area contributed by atoms with Crippen molar-refractivity contribution in [1.29, 1.82) is 0 Å². The van der Waals surface area contributed by atoms with E-state index in [1.165, 1.54) is 10.4 Å². The van der Waals surface area contributed by atoms with E-state index >= 15 is 0 Å². The van der Waals surface area contributed by atoms with Crippen molar-refractivity contribution in [3.63, 3.8) is 0 Å². The summed E-state index contributed by atoms with van der Waals surface area (Å²) in [5.74, 6) is 1.42. The molecule has 28 heavy (non-hydrogen) atoms. The van der Waals surface area contributed by atoms with E-state index in [9.17, 15) is 5.11 Å². The predicted octanol–water partition coefficient (Wildman–Crippen LogP) is 4.61. The van der Waals surface area contributed by atoms with Crippen LogP contribution in [0.3, 0.4) is 0 Å². The van der Waals surface area contributed by atoms with Gasteiger partial charge >= 0.3 is 0 Å². The van der Waals surface area contributed by atoms with Gasteiger partial charge in [0, 0.05) is 6.61 Å². The summed E-state index contributed by atoms with van der Waals surface area (Å²) in [7, 11) is -2.45. The Morgan fingerprint density at radius 3 is 1.89 bits per heavy atom. The Labute approximate surface area is 172 Å². The highest BCUT2D eigenvalue weighted by atomic mass is 28.4. The maximum Gasteiger partial charge on any atom is 0.261 e. The van der Waals surface area contributed by atoms with Crippen LogP contribution < -0.4 is 10.4 Å². The molecule has 1 aliphatic carbocycles. The van der Waals surface area contributed by atoms with Crippen LogP contribution in [0.25, 0.3) is 0 Å². The standard InChI is InChI=1S/C25H36O2Si/c1-19(2)16-24(26)23-17-20(23)18-27-28(25(3,4)5,21-12-8-6-9-13-21)22-14-10-7-11-15-22/h6-15,19-20,23-24,26H,16-18H2,1-5H3/t20-,23-,24-/m0/s1. The first-order chi connectivity index (χ1) is 13.3. The van der Waals surface area contributed by atoms with Crippen molar-refractivity contribution in [3.05, 3.63) is 60.7 Å². The first-order valence-corrected chi connectivity index (χ1v) is 12.6. The molecule has 1 fully saturated rings. The molecule has 0 bridgehead atoms. The van der Waals surface area contributed by atoms with Crippen molar-refractivity contribution in [1.82, 2.24) is 0 Å². The Balaban J connectivity index is 1.88. The molecule has 0 aliphatic heterocycles. The van der Waals surface area contributed by atoms with Crippen LogP contribution in [0.5, 0.6) is 0 Å². The summed E-state index contributed by atoms with van der Waals surface area (Å²) in [4.78, 5) is 0. The van der Waals surface area contributed by atoms with Gasteiger partial charge in [0.25, 0.3) is 8.32 Å². The van der Waals surface area contributed by atoms with E-state index in [-0.39, 0.29) is 11.1 Å². The quantitative estimate of drug-likeness (QED) is 0.661. The molecule has 0 heterocycles. The highest BCUT2D eigenvalue weighted by Gasteiger charge is 2.52. The molecule has 1 saturated carbocycles. The zero-order valence-electron chi connectivity index (χ0n) is 18.1. The first kappa shape index (κ1) is 21.3. The summed E-state index contributed by atoms with van der Waals surface area (Å²) >= 11 is 0. The number of hydrogen-bond acceptors (Lipinski definition) is 2. The second-order valence-electron chi connectivity index (χ2n) is 9.83. The van der Waals surface area contributed by atoms with Crippen molar-refractivity contribution in [3.8, 4) is 0 Å². The van der Waals surface area contributed by atoms with Gasteiger partial charge in [-0.05, 0) is 46.0 Å². The van der Waals surface area contributed by atoms with E-state index in [2.05, 4.69) is 95.3 Å². The lowest BCUT2D eigenvalue weighted by atomic mass is 10.0. The number of hydrogen-bond donors (Lipinski definition) is 1. The monoisotopic (exact) mass is 396 g/mol. The van der Waals surface area contributed by atoms with Crippen LogP contribution in [0.2, 0.25) is 5.04 Å². The van der Waals surface area contributed by atoms with Gasteiger partial charge in [0.1, 0.15) is 0 Å². The minimum absolute atomic E-state index is 0.0106. The molecule has 0 saturated heterocycles. The Kier molecular flexibility index (Phi) is 6.48. The summed E-state index contributed by atoms with van der Waals surface area (Å²) < 4.78 is 7.00. The predicted molar refractivity (Wildman–Crippen MR) is 121 cm³/mol. The average molecular weight is 397 g/mol. The molecule has 0 aromatic heterocycles. The summed E-state index contributed by atoms with van der Waals surface area (Å²) in [5, 5.41) is 13.2. The third-order valence-corrected chi connectivity index (χ3v) is 11.1. The third-order valence-electron chi connectivity index (χ3n) is 6.12.